The third kappa shape index (κ3) is 1.64. The van der Waals surface area contributed by atoms with Gasteiger partial charge in [0.1, 0.15) is 0 Å². The number of hydrogen-bond acceptors (Lipinski definition) is 3. The first-order valence-electron chi connectivity index (χ1n) is 3.04. The highest BCUT2D eigenvalue weighted by atomic mass is 16.7. The smallest absolute Gasteiger partial charge is 0.181 e. The van der Waals surface area contributed by atoms with Gasteiger partial charge >= 0.3 is 0 Å². The van der Waals surface area contributed by atoms with Crippen molar-refractivity contribution >= 4 is 0 Å². The molecular formula is C6H12O3. The Morgan fingerprint density at radius 3 is 2.56 bits per heavy atom. The number of rotatable bonds is 1. The van der Waals surface area contributed by atoms with Crippen LogP contribution in [0.25, 0.3) is 0 Å². The predicted octanol–water partition coefficient (Wildman–Crippen LogP) is 0.130. The monoisotopic (exact) mass is 132 g/mol. The van der Waals surface area contributed by atoms with E-state index in [9.17, 15) is 0 Å². The molecule has 1 aliphatic rings. The van der Waals surface area contributed by atoms with Crippen LogP contribution < -0.4 is 0 Å². The van der Waals surface area contributed by atoms with Crippen LogP contribution >= 0.6 is 0 Å². The molecule has 3 nitrogen and oxygen atoms in total. The van der Waals surface area contributed by atoms with Gasteiger partial charge in [-0.15, -0.1) is 0 Å². The lowest BCUT2D eigenvalue weighted by molar-refractivity contribution is -0.104. The van der Waals surface area contributed by atoms with E-state index in [2.05, 4.69) is 0 Å². The highest BCUT2D eigenvalue weighted by Gasteiger charge is 2.31. The molecule has 1 atom stereocenters. The van der Waals surface area contributed by atoms with Crippen LogP contribution in [0.4, 0.5) is 0 Å². The molecule has 0 bridgehead atoms. The molecule has 1 rings (SSSR count). The maximum Gasteiger partial charge on any atom is 0.181 e. The lowest BCUT2D eigenvalue weighted by Crippen LogP contribution is -2.23. The normalized spacial score (nSPS) is 33.0. The summed E-state index contributed by atoms with van der Waals surface area (Å²) >= 11 is 0. The Hall–Kier alpha value is -0.120. The number of aliphatic hydroxyl groups excluding tert-OH is 1. The van der Waals surface area contributed by atoms with Crippen molar-refractivity contribution in [3.8, 4) is 0 Å². The van der Waals surface area contributed by atoms with Gasteiger partial charge in [-0.3, -0.25) is 0 Å². The van der Waals surface area contributed by atoms with E-state index in [1.807, 2.05) is 13.8 Å². The van der Waals surface area contributed by atoms with Crippen LogP contribution in [0.2, 0.25) is 0 Å². The molecule has 0 aromatic carbocycles. The van der Waals surface area contributed by atoms with Gasteiger partial charge in [-0.05, 0) is 13.8 Å². The zero-order valence-electron chi connectivity index (χ0n) is 5.76. The third-order valence-corrected chi connectivity index (χ3v) is 1.22. The molecule has 9 heavy (non-hydrogen) atoms. The summed E-state index contributed by atoms with van der Waals surface area (Å²) in [5.74, 6) is 0. The Morgan fingerprint density at radius 2 is 2.33 bits per heavy atom. The van der Waals surface area contributed by atoms with Crippen LogP contribution in [0.3, 0.4) is 0 Å². The van der Waals surface area contributed by atoms with Crippen molar-refractivity contribution in [3.05, 3.63) is 0 Å². The van der Waals surface area contributed by atoms with Crippen LogP contribution in [-0.2, 0) is 9.47 Å². The molecule has 1 saturated heterocycles. The molecule has 0 spiro atoms. The SMILES string of the molecule is CC1(C)COC(CO)O1. The number of hydrogen-bond donors (Lipinski definition) is 1. The highest BCUT2D eigenvalue weighted by Crippen LogP contribution is 2.20. The minimum absolute atomic E-state index is 0.0522. The van der Waals surface area contributed by atoms with E-state index in [0.29, 0.717) is 6.61 Å². The van der Waals surface area contributed by atoms with Crippen LogP contribution in [0.5, 0.6) is 0 Å². The zero-order chi connectivity index (χ0) is 6.91. The fourth-order valence-corrected chi connectivity index (χ4v) is 0.807. The summed E-state index contributed by atoms with van der Waals surface area (Å²) in [7, 11) is 0. The van der Waals surface area contributed by atoms with Crippen molar-refractivity contribution in [1.82, 2.24) is 0 Å². The van der Waals surface area contributed by atoms with E-state index in [-0.39, 0.29) is 12.2 Å². The maximum atomic E-state index is 8.55. The Labute approximate surface area is 54.6 Å². The molecule has 1 fully saturated rings. The Bertz CT molecular complexity index is 100. The fraction of sp³-hybridized carbons (Fsp3) is 1.00. The Morgan fingerprint density at radius 1 is 1.67 bits per heavy atom. The molecule has 1 aliphatic heterocycles. The number of ether oxygens (including phenoxy) is 2. The average Bonchev–Trinajstić information content (AvgIpc) is 2.10. The summed E-state index contributed by atoms with van der Waals surface area (Å²) in [6.45, 7) is 4.38. The summed E-state index contributed by atoms with van der Waals surface area (Å²) in [5.41, 5.74) is -0.215. The molecule has 1 N–H and O–H groups in total. The summed E-state index contributed by atoms with van der Waals surface area (Å²) in [4.78, 5) is 0. The minimum Gasteiger partial charge on any atom is -0.391 e. The topological polar surface area (TPSA) is 38.7 Å². The van der Waals surface area contributed by atoms with E-state index in [4.69, 9.17) is 14.6 Å². The molecule has 0 radical (unpaired) electrons. The molecule has 0 amide bonds. The van der Waals surface area contributed by atoms with Gasteiger partial charge in [0.25, 0.3) is 0 Å². The molecule has 0 aliphatic carbocycles. The van der Waals surface area contributed by atoms with Crippen molar-refractivity contribution in [2.75, 3.05) is 13.2 Å². The third-order valence-electron chi connectivity index (χ3n) is 1.22. The minimum atomic E-state index is -0.403. The van der Waals surface area contributed by atoms with Crippen molar-refractivity contribution in [3.63, 3.8) is 0 Å². The van der Waals surface area contributed by atoms with E-state index in [1.54, 1.807) is 0 Å². The summed E-state index contributed by atoms with van der Waals surface area (Å²) in [5, 5.41) is 8.55. The van der Waals surface area contributed by atoms with Crippen molar-refractivity contribution < 1.29 is 14.6 Å². The fourth-order valence-electron chi connectivity index (χ4n) is 0.807. The maximum absolute atomic E-state index is 8.55. The van der Waals surface area contributed by atoms with Crippen molar-refractivity contribution in [2.45, 2.75) is 25.7 Å². The second-order valence-electron chi connectivity index (χ2n) is 2.80. The Kier molecular flexibility index (Phi) is 1.75. The van der Waals surface area contributed by atoms with E-state index >= 15 is 0 Å². The lowest BCUT2D eigenvalue weighted by Gasteiger charge is -2.14. The molecule has 1 heterocycles. The summed E-state index contributed by atoms with van der Waals surface area (Å²) in [6, 6.07) is 0. The molecular weight excluding hydrogens is 120 g/mol. The van der Waals surface area contributed by atoms with E-state index in [1.165, 1.54) is 0 Å². The average molecular weight is 132 g/mol. The first-order valence-corrected chi connectivity index (χ1v) is 3.04. The molecule has 1 unspecified atom stereocenters. The van der Waals surface area contributed by atoms with E-state index < -0.39 is 6.29 Å². The predicted molar refractivity (Wildman–Crippen MR) is 32.0 cm³/mol. The molecule has 3 heteroatoms. The van der Waals surface area contributed by atoms with Gasteiger partial charge < -0.3 is 14.6 Å². The van der Waals surface area contributed by atoms with Crippen molar-refractivity contribution in [2.24, 2.45) is 0 Å². The summed E-state index contributed by atoms with van der Waals surface area (Å²) < 4.78 is 10.3. The largest absolute Gasteiger partial charge is 0.391 e. The molecule has 0 aromatic rings. The second kappa shape index (κ2) is 2.25. The van der Waals surface area contributed by atoms with Gasteiger partial charge in [-0.1, -0.05) is 0 Å². The van der Waals surface area contributed by atoms with Gasteiger partial charge in [-0.2, -0.15) is 0 Å². The van der Waals surface area contributed by atoms with E-state index in [0.717, 1.165) is 0 Å². The van der Waals surface area contributed by atoms with Crippen LogP contribution in [0.1, 0.15) is 13.8 Å². The van der Waals surface area contributed by atoms with Crippen LogP contribution in [-0.4, -0.2) is 30.2 Å². The van der Waals surface area contributed by atoms with Gasteiger partial charge in [0.2, 0.25) is 0 Å². The van der Waals surface area contributed by atoms with Gasteiger partial charge in [0.15, 0.2) is 6.29 Å². The molecule has 0 saturated carbocycles. The number of aliphatic hydroxyl groups is 1. The first-order chi connectivity index (χ1) is 4.14. The lowest BCUT2D eigenvalue weighted by atomic mass is 10.2. The van der Waals surface area contributed by atoms with Gasteiger partial charge in [0.05, 0.1) is 18.8 Å². The second-order valence-corrected chi connectivity index (χ2v) is 2.80. The van der Waals surface area contributed by atoms with Crippen LogP contribution in [0.15, 0.2) is 0 Å². The zero-order valence-corrected chi connectivity index (χ0v) is 5.76. The Balaban J connectivity index is 2.38. The standard InChI is InChI=1S/C6H12O3/c1-6(2)4-8-5(3-7)9-6/h5,7H,3-4H2,1-2H3. The first kappa shape index (κ1) is 6.99. The summed E-state index contributed by atoms with van der Waals surface area (Å²) in [6.07, 6.45) is -0.403. The van der Waals surface area contributed by atoms with Crippen LogP contribution in [0, 0.1) is 0 Å². The van der Waals surface area contributed by atoms with Gasteiger partial charge in [0, 0.05) is 0 Å². The quantitative estimate of drug-likeness (QED) is 0.551. The molecule has 0 aromatic heterocycles. The van der Waals surface area contributed by atoms with Gasteiger partial charge in [-0.25, -0.2) is 0 Å². The molecule has 54 valence electrons. The van der Waals surface area contributed by atoms with Crippen molar-refractivity contribution in [1.29, 1.82) is 0 Å². The highest BCUT2D eigenvalue weighted by molar-refractivity contribution is 4.73.